The quantitative estimate of drug-likeness (QED) is 0.690. The molecule has 0 aromatic carbocycles. The molecule has 12 heavy (non-hydrogen) atoms. The average molecular weight is 169 g/mol. The van der Waals surface area contributed by atoms with Gasteiger partial charge in [0, 0.05) is 12.6 Å². The summed E-state index contributed by atoms with van der Waals surface area (Å²) in [5.74, 6) is 0. The Labute approximate surface area is 72.0 Å². The molecule has 0 aliphatic rings. The Bertz CT molecular complexity index is 244. The molecule has 1 heterocycles. The minimum atomic E-state index is -0.602. The molecular weight excluding hydrogens is 154 g/mol. The van der Waals surface area contributed by atoms with Gasteiger partial charge in [0.15, 0.2) is 0 Å². The number of aromatic nitrogens is 2. The molecule has 1 aromatic rings. The second-order valence-corrected chi connectivity index (χ2v) is 3.07. The van der Waals surface area contributed by atoms with E-state index < -0.39 is 6.10 Å². The molecule has 0 amide bonds. The van der Waals surface area contributed by atoms with Crippen LogP contribution in [-0.4, -0.2) is 21.2 Å². The minimum absolute atomic E-state index is 0.235. The Morgan fingerprint density at radius 3 is 2.83 bits per heavy atom. The molecule has 0 aliphatic carbocycles. The van der Waals surface area contributed by atoms with Gasteiger partial charge in [-0.15, -0.1) is 0 Å². The van der Waals surface area contributed by atoms with Gasteiger partial charge in [0.05, 0.1) is 18.2 Å². The van der Waals surface area contributed by atoms with Gasteiger partial charge in [0.1, 0.15) is 6.10 Å². The molecule has 0 fully saturated rings. The third-order valence-corrected chi connectivity index (χ3v) is 1.82. The van der Waals surface area contributed by atoms with Crippen LogP contribution in [0.3, 0.4) is 0 Å². The van der Waals surface area contributed by atoms with Crippen molar-refractivity contribution in [1.82, 2.24) is 9.55 Å². The third kappa shape index (κ3) is 1.65. The maximum absolute atomic E-state index is 9.46. The predicted molar refractivity (Wildman–Crippen MR) is 46.6 cm³/mol. The van der Waals surface area contributed by atoms with Crippen LogP contribution >= 0.6 is 0 Å². The van der Waals surface area contributed by atoms with Crippen molar-refractivity contribution in [1.29, 1.82) is 0 Å². The van der Waals surface area contributed by atoms with Crippen LogP contribution < -0.4 is 5.73 Å². The lowest BCUT2D eigenvalue weighted by Gasteiger charge is -2.14. The zero-order valence-electron chi connectivity index (χ0n) is 7.44. The van der Waals surface area contributed by atoms with Crippen molar-refractivity contribution in [2.24, 2.45) is 5.73 Å². The number of aliphatic hydroxyl groups is 1. The van der Waals surface area contributed by atoms with E-state index in [1.807, 2.05) is 18.4 Å². The highest BCUT2D eigenvalue weighted by Crippen LogP contribution is 2.15. The second-order valence-electron chi connectivity index (χ2n) is 3.07. The van der Waals surface area contributed by atoms with Crippen LogP contribution in [0.4, 0.5) is 0 Å². The van der Waals surface area contributed by atoms with Crippen LogP contribution in [0.5, 0.6) is 0 Å². The standard InChI is InChI=1S/C8H15N3O/c1-6(2)11-5-10-4-7(11)8(12)3-9/h4-6,8,12H,3,9H2,1-2H3. The summed E-state index contributed by atoms with van der Waals surface area (Å²) in [5, 5.41) is 9.46. The van der Waals surface area contributed by atoms with E-state index >= 15 is 0 Å². The van der Waals surface area contributed by atoms with Gasteiger partial charge >= 0.3 is 0 Å². The fraction of sp³-hybridized carbons (Fsp3) is 0.625. The van der Waals surface area contributed by atoms with Gasteiger partial charge in [-0.25, -0.2) is 4.98 Å². The summed E-state index contributed by atoms with van der Waals surface area (Å²) < 4.78 is 1.91. The van der Waals surface area contributed by atoms with E-state index in [2.05, 4.69) is 4.98 Å². The average Bonchev–Trinajstić information content (AvgIpc) is 2.50. The minimum Gasteiger partial charge on any atom is -0.385 e. The SMILES string of the molecule is CC(C)n1cncc1C(O)CN. The Morgan fingerprint density at radius 2 is 2.33 bits per heavy atom. The first-order valence-electron chi connectivity index (χ1n) is 4.06. The van der Waals surface area contributed by atoms with Crippen LogP contribution in [0, 0.1) is 0 Å². The zero-order chi connectivity index (χ0) is 9.14. The molecule has 0 saturated carbocycles. The van der Waals surface area contributed by atoms with Crippen molar-refractivity contribution in [3.05, 3.63) is 18.2 Å². The van der Waals surface area contributed by atoms with Crippen LogP contribution in [0.2, 0.25) is 0 Å². The largest absolute Gasteiger partial charge is 0.385 e. The van der Waals surface area contributed by atoms with Crippen LogP contribution in [0.1, 0.15) is 31.7 Å². The van der Waals surface area contributed by atoms with E-state index in [1.165, 1.54) is 0 Å². The first-order chi connectivity index (χ1) is 5.66. The third-order valence-electron chi connectivity index (χ3n) is 1.82. The van der Waals surface area contributed by atoms with Crippen molar-refractivity contribution in [2.75, 3.05) is 6.54 Å². The zero-order valence-corrected chi connectivity index (χ0v) is 7.44. The van der Waals surface area contributed by atoms with Gasteiger partial charge < -0.3 is 15.4 Å². The van der Waals surface area contributed by atoms with Gasteiger partial charge in [-0.1, -0.05) is 0 Å². The molecule has 0 radical (unpaired) electrons. The lowest BCUT2D eigenvalue weighted by molar-refractivity contribution is 0.175. The summed E-state index contributed by atoms with van der Waals surface area (Å²) in [4.78, 5) is 3.96. The fourth-order valence-corrected chi connectivity index (χ4v) is 1.13. The van der Waals surface area contributed by atoms with E-state index in [-0.39, 0.29) is 6.54 Å². The molecule has 68 valence electrons. The second kappa shape index (κ2) is 3.69. The van der Waals surface area contributed by atoms with Crippen molar-refractivity contribution >= 4 is 0 Å². The van der Waals surface area contributed by atoms with Gasteiger partial charge in [0.25, 0.3) is 0 Å². The molecule has 3 N–H and O–H groups in total. The fourth-order valence-electron chi connectivity index (χ4n) is 1.13. The van der Waals surface area contributed by atoms with E-state index in [4.69, 9.17) is 5.73 Å². The molecule has 0 bridgehead atoms. The summed E-state index contributed by atoms with van der Waals surface area (Å²) in [6, 6.07) is 0.309. The lowest BCUT2D eigenvalue weighted by atomic mass is 10.2. The van der Waals surface area contributed by atoms with Crippen molar-refractivity contribution in [2.45, 2.75) is 26.0 Å². The van der Waals surface area contributed by atoms with Crippen LogP contribution in [0.15, 0.2) is 12.5 Å². The van der Waals surface area contributed by atoms with E-state index in [0.29, 0.717) is 6.04 Å². The monoisotopic (exact) mass is 169 g/mol. The molecule has 0 spiro atoms. The summed E-state index contributed by atoms with van der Waals surface area (Å²) in [6.07, 6.45) is 2.76. The highest BCUT2D eigenvalue weighted by Gasteiger charge is 2.12. The molecule has 1 aromatic heterocycles. The maximum atomic E-state index is 9.46. The lowest BCUT2D eigenvalue weighted by Crippen LogP contribution is -2.16. The topological polar surface area (TPSA) is 64.1 Å². The number of rotatable bonds is 3. The van der Waals surface area contributed by atoms with Gasteiger partial charge in [-0.05, 0) is 13.8 Å². The molecule has 0 aliphatic heterocycles. The number of hydrogen-bond acceptors (Lipinski definition) is 3. The number of nitrogens with two attached hydrogens (primary N) is 1. The van der Waals surface area contributed by atoms with E-state index in [9.17, 15) is 5.11 Å². The molecule has 1 rings (SSSR count). The van der Waals surface area contributed by atoms with Crippen molar-refractivity contribution in [3.8, 4) is 0 Å². The van der Waals surface area contributed by atoms with Crippen LogP contribution in [-0.2, 0) is 0 Å². The number of hydrogen-bond donors (Lipinski definition) is 2. The normalized spacial score (nSPS) is 13.8. The molecule has 1 unspecified atom stereocenters. The smallest absolute Gasteiger partial charge is 0.108 e. The first kappa shape index (κ1) is 9.22. The maximum Gasteiger partial charge on any atom is 0.108 e. The summed E-state index contributed by atoms with van der Waals surface area (Å²) in [7, 11) is 0. The van der Waals surface area contributed by atoms with Gasteiger partial charge in [-0.2, -0.15) is 0 Å². The Hall–Kier alpha value is -0.870. The molecule has 1 atom stereocenters. The molecule has 4 nitrogen and oxygen atoms in total. The number of imidazole rings is 1. The van der Waals surface area contributed by atoms with E-state index in [1.54, 1.807) is 12.5 Å². The number of nitrogens with zero attached hydrogens (tertiary/aromatic N) is 2. The van der Waals surface area contributed by atoms with Crippen LogP contribution in [0.25, 0.3) is 0 Å². The summed E-state index contributed by atoms with van der Waals surface area (Å²) in [6.45, 7) is 4.31. The van der Waals surface area contributed by atoms with Gasteiger partial charge in [0.2, 0.25) is 0 Å². The first-order valence-corrected chi connectivity index (χ1v) is 4.06. The summed E-state index contributed by atoms with van der Waals surface area (Å²) >= 11 is 0. The van der Waals surface area contributed by atoms with Gasteiger partial charge in [-0.3, -0.25) is 0 Å². The molecule has 4 heteroatoms. The summed E-state index contributed by atoms with van der Waals surface area (Å²) in [5.41, 5.74) is 6.13. The Kier molecular flexibility index (Phi) is 2.83. The number of aliphatic hydroxyl groups excluding tert-OH is 1. The predicted octanol–water partition coefficient (Wildman–Crippen LogP) is 0.456. The highest BCUT2D eigenvalue weighted by atomic mass is 16.3. The molecular formula is C8H15N3O. The Morgan fingerprint density at radius 1 is 1.67 bits per heavy atom. The highest BCUT2D eigenvalue weighted by molar-refractivity contribution is 5.04. The molecule has 0 saturated heterocycles. The van der Waals surface area contributed by atoms with Crippen molar-refractivity contribution < 1.29 is 5.11 Å². The van der Waals surface area contributed by atoms with E-state index in [0.717, 1.165) is 5.69 Å². The van der Waals surface area contributed by atoms with Crippen molar-refractivity contribution in [3.63, 3.8) is 0 Å². The Balaban J connectivity index is 2.91.